The predicted octanol–water partition coefficient (Wildman–Crippen LogP) is 1.08. The van der Waals surface area contributed by atoms with Crippen LogP contribution in [0.2, 0.25) is 0 Å². The SMILES string of the molecule is NC1CC(C(=O)O)(C(F)(F)C(F)F)C1. The molecular weight excluding hydrogens is 206 g/mol. The summed E-state index contributed by atoms with van der Waals surface area (Å²) in [5.74, 6) is -6.43. The quantitative estimate of drug-likeness (QED) is 0.692. The molecule has 0 saturated heterocycles. The van der Waals surface area contributed by atoms with Crippen molar-refractivity contribution in [1.29, 1.82) is 0 Å². The molecule has 3 N–H and O–H groups in total. The van der Waals surface area contributed by atoms with Gasteiger partial charge in [-0.2, -0.15) is 8.78 Å². The van der Waals surface area contributed by atoms with Crippen LogP contribution in [-0.4, -0.2) is 29.5 Å². The van der Waals surface area contributed by atoms with E-state index in [2.05, 4.69) is 0 Å². The van der Waals surface area contributed by atoms with Gasteiger partial charge in [0, 0.05) is 6.04 Å². The van der Waals surface area contributed by atoms with Gasteiger partial charge in [0.2, 0.25) is 0 Å². The summed E-state index contributed by atoms with van der Waals surface area (Å²) in [7, 11) is 0. The average Bonchev–Trinajstić information content (AvgIpc) is 1.96. The first-order valence-corrected chi connectivity index (χ1v) is 3.89. The van der Waals surface area contributed by atoms with Gasteiger partial charge in [0.25, 0.3) is 0 Å². The standard InChI is InChI=1S/C7H9F4NO2/c8-4(9)7(10,11)6(5(13)14)1-3(12)2-6/h3-4H,1-2,12H2,(H,13,14). The Morgan fingerprint density at radius 2 is 1.93 bits per heavy atom. The lowest BCUT2D eigenvalue weighted by molar-refractivity contribution is -0.241. The summed E-state index contributed by atoms with van der Waals surface area (Å²) in [6.07, 6.45) is -5.20. The van der Waals surface area contributed by atoms with Crippen LogP contribution in [-0.2, 0) is 4.79 Å². The van der Waals surface area contributed by atoms with Crippen LogP contribution < -0.4 is 5.73 Å². The third-order valence-corrected chi connectivity index (χ3v) is 2.54. The Morgan fingerprint density at radius 3 is 2.14 bits per heavy atom. The van der Waals surface area contributed by atoms with Gasteiger partial charge < -0.3 is 10.8 Å². The Morgan fingerprint density at radius 1 is 1.50 bits per heavy atom. The topological polar surface area (TPSA) is 63.3 Å². The van der Waals surface area contributed by atoms with E-state index in [0.717, 1.165) is 0 Å². The first-order chi connectivity index (χ1) is 6.24. The Balaban J connectivity index is 2.96. The lowest BCUT2D eigenvalue weighted by Gasteiger charge is -2.46. The number of carboxylic acids is 1. The molecule has 0 unspecified atom stereocenters. The summed E-state index contributed by atoms with van der Waals surface area (Å²) >= 11 is 0. The lowest BCUT2D eigenvalue weighted by Crippen LogP contribution is -2.62. The van der Waals surface area contributed by atoms with E-state index in [0.29, 0.717) is 0 Å². The monoisotopic (exact) mass is 215 g/mol. The van der Waals surface area contributed by atoms with Gasteiger partial charge in [-0.25, -0.2) is 8.78 Å². The Bertz CT molecular complexity index is 250. The molecule has 0 aromatic heterocycles. The summed E-state index contributed by atoms with van der Waals surface area (Å²) in [4.78, 5) is 10.5. The predicted molar refractivity (Wildman–Crippen MR) is 38.2 cm³/mol. The fourth-order valence-electron chi connectivity index (χ4n) is 1.63. The van der Waals surface area contributed by atoms with Gasteiger partial charge >= 0.3 is 18.3 Å². The lowest BCUT2D eigenvalue weighted by atomic mass is 9.62. The first-order valence-electron chi connectivity index (χ1n) is 3.89. The number of hydrogen-bond acceptors (Lipinski definition) is 2. The molecule has 14 heavy (non-hydrogen) atoms. The highest BCUT2D eigenvalue weighted by atomic mass is 19.3. The van der Waals surface area contributed by atoms with E-state index >= 15 is 0 Å². The zero-order valence-corrected chi connectivity index (χ0v) is 7.01. The van der Waals surface area contributed by atoms with Gasteiger partial charge in [-0.15, -0.1) is 0 Å². The maximum atomic E-state index is 12.9. The molecule has 0 aromatic carbocycles. The average molecular weight is 215 g/mol. The van der Waals surface area contributed by atoms with E-state index in [1.165, 1.54) is 0 Å². The van der Waals surface area contributed by atoms with Crippen molar-refractivity contribution < 1.29 is 27.5 Å². The van der Waals surface area contributed by atoms with Gasteiger partial charge in [-0.3, -0.25) is 4.79 Å². The number of hydrogen-bond donors (Lipinski definition) is 2. The summed E-state index contributed by atoms with van der Waals surface area (Å²) in [5, 5.41) is 8.52. The smallest absolute Gasteiger partial charge is 0.323 e. The van der Waals surface area contributed by atoms with Crippen molar-refractivity contribution in [2.75, 3.05) is 0 Å². The fourth-order valence-corrected chi connectivity index (χ4v) is 1.63. The maximum Gasteiger partial charge on any atom is 0.323 e. The molecule has 82 valence electrons. The molecule has 7 heteroatoms. The normalized spacial score (nSPS) is 32.9. The molecule has 1 aliphatic carbocycles. The van der Waals surface area contributed by atoms with Crippen LogP contribution in [0.4, 0.5) is 17.6 Å². The van der Waals surface area contributed by atoms with Crippen molar-refractivity contribution >= 4 is 5.97 Å². The summed E-state index contributed by atoms with van der Waals surface area (Å²) in [6.45, 7) is 0. The zero-order valence-electron chi connectivity index (χ0n) is 7.01. The Labute approximate surface area is 76.9 Å². The van der Waals surface area contributed by atoms with E-state index in [1.807, 2.05) is 0 Å². The number of aliphatic carboxylic acids is 1. The van der Waals surface area contributed by atoms with E-state index in [9.17, 15) is 22.4 Å². The van der Waals surface area contributed by atoms with Crippen LogP contribution >= 0.6 is 0 Å². The van der Waals surface area contributed by atoms with E-state index < -0.39 is 42.6 Å². The highest BCUT2D eigenvalue weighted by molar-refractivity contribution is 5.77. The van der Waals surface area contributed by atoms with Crippen molar-refractivity contribution in [3.8, 4) is 0 Å². The molecule has 0 heterocycles. The van der Waals surface area contributed by atoms with E-state index in [1.54, 1.807) is 0 Å². The van der Waals surface area contributed by atoms with Crippen LogP contribution in [0, 0.1) is 5.41 Å². The number of carboxylic acid groups (broad SMARTS) is 1. The largest absolute Gasteiger partial charge is 0.481 e. The van der Waals surface area contributed by atoms with Gasteiger partial charge in [0.05, 0.1) is 0 Å². The van der Waals surface area contributed by atoms with Crippen molar-refractivity contribution in [3.63, 3.8) is 0 Å². The van der Waals surface area contributed by atoms with Crippen LogP contribution in [0.25, 0.3) is 0 Å². The third kappa shape index (κ3) is 1.26. The highest BCUT2D eigenvalue weighted by Gasteiger charge is 2.69. The minimum atomic E-state index is -4.52. The molecule has 3 nitrogen and oxygen atoms in total. The second-order valence-corrected chi connectivity index (χ2v) is 3.48. The molecule has 1 fully saturated rings. The highest BCUT2D eigenvalue weighted by Crippen LogP contribution is 2.54. The summed E-state index contributed by atoms with van der Waals surface area (Å²) < 4.78 is 49.7. The Hall–Kier alpha value is -0.850. The zero-order chi connectivity index (χ0) is 11.1. The van der Waals surface area contributed by atoms with Crippen LogP contribution in [0.3, 0.4) is 0 Å². The van der Waals surface area contributed by atoms with Crippen molar-refractivity contribution in [2.24, 2.45) is 11.1 Å². The summed E-state index contributed by atoms with van der Waals surface area (Å²) in [5.41, 5.74) is 2.47. The molecule has 1 aliphatic rings. The van der Waals surface area contributed by atoms with Crippen molar-refractivity contribution in [2.45, 2.75) is 31.2 Å². The first kappa shape index (κ1) is 11.2. The Kier molecular flexibility index (Phi) is 2.47. The molecule has 0 amide bonds. The maximum absolute atomic E-state index is 12.9. The number of carbonyl (C=O) groups is 1. The molecular formula is C7H9F4NO2. The molecule has 0 radical (unpaired) electrons. The van der Waals surface area contributed by atoms with Gasteiger partial charge in [0.15, 0.2) is 0 Å². The van der Waals surface area contributed by atoms with Gasteiger partial charge in [0.1, 0.15) is 5.41 Å². The summed E-state index contributed by atoms with van der Waals surface area (Å²) in [6, 6.07) is -0.740. The molecule has 0 atom stereocenters. The molecule has 0 aliphatic heterocycles. The minimum absolute atomic E-state index is 0.611. The number of rotatable bonds is 3. The van der Waals surface area contributed by atoms with Crippen LogP contribution in [0.5, 0.6) is 0 Å². The van der Waals surface area contributed by atoms with E-state index in [4.69, 9.17) is 10.8 Å². The molecule has 1 rings (SSSR count). The second-order valence-electron chi connectivity index (χ2n) is 3.48. The van der Waals surface area contributed by atoms with Gasteiger partial charge in [-0.05, 0) is 12.8 Å². The molecule has 1 saturated carbocycles. The second kappa shape index (κ2) is 3.08. The molecule has 0 spiro atoms. The number of nitrogens with two attached hydrogens (primary N) is 1. The molecule has 0 bridgehead atoms. The minimum Gasteiger partial charge on any atom is -0.481 e. The third-order valence-electron chi connectivity index (χ3n) is 2.54. The van der Waals surface area contributed by atoms with Gasteiger partial charge in [-0.1, -0.05) is 0 Å². The van der Waals surface area contributed by atoms with Crippen molar-refractivity contribution in [3.05, 3.63) is 0 Å². The van der Waals surface area contributed by atoms with Crippen LogP contribution in [0.1, 0.15) is 12.8 Å². The fraction of sp³-hybridized carbons (Fsp3) is 0.857. The van der Waals surface area contributed by atoms with Crippen molar-refractivity contribution in [1.82, 2.24) is 0 Å². The molecule has 0 aromatic rings. The number of alkyl halides is 4. The number of halogens is 4. The van der Waals surface area contributed by atoms with E-state index in [-0.39, 0.29) is 0 Å². The van der Waals surface area contributed by atoms with Crippen LogP contribution in [0.15, 0.2) is 0 Å².